The van der Waals surface area contributed by atoms with E-state index in [1.165, 1.54) is 12.1 Å². The number of nitro benzene ring substituents is 1. The molecule has 7 heteroatoms. The van der Waals surface area contributed by atoms with Crippen LogP contribution in [0.5, 0.6) is 0 Å². The third-order valence-electron chi connectivity index (χ3n) is 3.73. The van der Waals surface area contributed by atoms with Gasteiger partial charge in [0.2, 0.25) is 0 Å². The normalized spacial score (nSPS) is 13.7. The number of aliphatic hydroxyl groups is 1. The molecular formula is C15H21N3O4. The minimum atomic E-state index is -0.477. The number of carbonyl (C=O) groups excluding carboxylic acids is 1. The number of hydrogen-bond acceptors (Lipinski definition) is 4. The number of anilines is 1. The van der Waals surface area contributed by atoms with Crippen molar-refractivity contribution in [3.63, 3.8) is 0 Å². The number of urea groups is 1. The lowest BCUT2D eigenvalue weighted by molar-refractivity contribution is -0.384. The van der Waals surface area contributed by atoms with E-state index in [-0.39, 0.29) is 24.4 Å². The summed E-state index contributed by atoms with van der Waals surface area (Å²) in [5, 5.41) is 22.5. The van der Waals surface area contributed by atoms with Crippen molar-refractivity contribution in [3.8, 4) is 0 Å². The van der Waals surface area contributed by atoms with Crippen LogP contribution in [0.4, 0.5) is 16.2 Å². The maximum Gasteiger partial charge on any atom is 0.322 e. The highest BCUT2D eigenvalue weighted by Gasteiger charge is 2.32. The van der Waals surface area contributed by atoms with Crippen molar-refractivity contribution in [1.29, 1.82) is 0 Å². The molecule has 0 unspecified atom stereocenters. The predicted molar refractivity (Wildman–Crippen MR) is 82.9 cm³/mol. The Morgan fingerprint density at radius 3 is 2.77 bits per heavy atom. The molecule has 0 aromatic heterocycles. The van der Waals surface area contributed by atoms with Gasteiger partial charge in [-0.25, -0.2) is 4.79 Å². The summed E-state index contributed by atoms with van der Waals surface area (Å²) in [7, 11) is 0. The lowest BCUT2D eigenvalue weighted by atomic mass is 10.2. The molecule has 0 aliphatic heterocycles. The number of benzene rings is 1. The molecule has 1 saturated carbocycles. The fourth-order valence-corrected chi connectivity index (χ4v) is 2.28. The highest BCUT2D eigenvalue weighted by Crippen LogP contribution is 2.29. The van der Waals surface area contributed by atoms with Gasteiger partial charge in [-0.1, -0.05) is 6.07 Å². The predicted octanol–water partition coefficient (Wildman–Crippen LogP) is 2.67. The molecule has 1 aromatic rings. The third kappa shape index (κ3) is 4.17. The molecule has 120 valence electrons. The zero-order valence-corrected chi connectivity index (χ0v) is 12.6. The van der Waals surface area contributed by atoms with Crippen LogP contribution in [-0.2, 0) is 0 Å². The van der Waals surface area contributed by atoms with Gasteiger partial charge < -0.3 is 15.3 Å². The molecule has 0 bridgehead atoms. The van der Waals surface area contributed by atoms with Crippen LogP contribution in [0.3, 0.4) is 0 Å². The zero-order chi connectivity index (χ0) is 16.1. The molecule has 0 heterocycles. The van der Waals surface area contributed by atoms with E-state index in [4.69, 9.17) is 5.11 Å². The van der Waals surface area contributed by atoms with Crippen molar-refractivity contribution in [2.24, 2.45) is 0 Å². The van der Waals surface area contributed by atoms with Crippen LogP contribution in [0, 0.1) is 17.0 Å². The van der Waals surface area contributed by atoms with Gasteiger partial charge in [-0.15, -0.1) is 0 Å². The van der Waals surface area contributed by atoms with E-state index >= 15 is 0 Å². The molecule has 0 saturated heterocycles. The molecule has 0 spiro atoms. The first kappa shape index (κ1) is 16.2. The molecule has 2 rings (SSSR count). The summed E-state index contributed by atoms with van der Waals surface area (Å²) in [6, 6.07) is 4.44. The number of amides is 2. The summed E-state index contributed by atoms with van der Waals surface area (Å²) < 4.78 is 0. The van der Waals surface area contributed by atoms with Crippen LogP contribution in [-0.4, -0.2) is 40.2 Å². The Morgan fingerprint density at radius 2 is 2.18 bits per heavy atom. The first-order chi connectivity index (χ1) is 10.5. The smallest absolute Gasteiger partial charge is 0.322 e. The van der Waals surface area contributed by atoms with Gasteiger partial charge in [-0.2, -0.15) is 0 Å². The second kappa shape index (κ2) is 7.22. The average molecular weight is 307 g/mol. The first-order valence-corrected chi connectivity index (χ1v) is 7.46. The minimum Gasteiger partial charge on any atom is -0.396 e. The van der Waals surface area contributed by atoms with E-state index in [2.05, 4.69) is 5.32 Å². The second-order valence-corrected chi connectivity index (χ2v) is 5.54. The quantitative estimate of drug-likeness (QED) is 0.460. The van der Waals surface area contributed by atoms with Crippen LogP contribution in [0.2, 0.25) is 0 Å². The van der Waals surface area contributed by atoms with Crippen molar-refractivity contribution in [2.45, 2.75) is 38.6 Å². The molecule has 1 aromatic carbocycles. The number of hydrogen-bond donors (Lipinski definition) is 2. The number of carbonyl (C=O) groups is 1. The van der Waals surface area contributed by atoms with Gasteiger partial charge in [-0.05, 0) is 38.2 Å². The second-order valence-electron chi connectivity index (χ2n) is 5.54. The van der Waals surface area contributed by atoms with E-state index < -0.39 is 4.92 Å². The minimum absolute atomic E-state index is 0.0425. The Hall–Kier alpha value is -2.15. The summed E-state index contributed by atoms with van der Waals surface area (Å²) in [6.45, 7) is 2.50. The van der Waals surface area contributed by atoms with Crippen LogP contribution in [0.25, 0.3) is 0 Å². The largest absolute Gasteiger partial charge is 0.396 e. The summed E-state index contributed by atoms with van der Waals surface area (Å²) in [5.41, 5.74) is 1.20. The molecular weight excluding hydrogens is 286 g/mol. The van der Waals surface area contributed by atoms with Gasteiger partial charge in [0.15, 0.2) is 0 Å². The summed E-state index contributed by atoms with van der Waals surface area (Å²) in [4.78, 5) is 24.5. The molecule has 2 N–H and O–H groups in total. The van der Waals surface area contributed by atoms with Gasteiger partial charge in [0, 0.05) is 31.3 Å². The maximum absolute atomic E-state index is 12.4. The van der Waals surface area contributed by atoms with Crippen LogP contribution < -0.4 is 5.32 Å². The summed E-state index contributed by atoms with van der Waals surface area (Å²) in [5.74, 6) is 0. The molecule has 1 fully saturated rings. The number of aryl methyl sites for hydroxylation is 1. The maximum atomic E-state index is 12.4. The molecule has 2 amide bonds. The molecule has 0 atom stereocenters. The Kier molecular flexibility index (Phi) is 5.32. The van der Waals surface area contributed by atoms with E-state index in [1.54, 1.807) is 17.9 Å². The molecule has 7 nitrogen and oxygen atoms in total. The fraction of sp³-hybridized carbons (Fsp3) is 0.533. The summed E-state index contributed by atoms with van der Waals surface area (Å²) >= 11 is 0. The molecule has 0 radical (unpaired) electrons. The SMILES string of the molecule is Cc1ccc([N+](=O)[O-])cc1NC(=O)N(CCCCO)C1CC1. The Morgan fingerprint density at radius 1 is 1.45 bits per heavy atom. The van der Waals surface area contributed by atoms with Gasteiger partial charge in [0.25, 0.3) is 5.69 Å². The van der Waals surface area contributed by atoms with Gasteiger partial charge >= 0.3 is 6.03 Å². The Bertz CT molecular complexity index is 558. The van der Waals surface area contributed by atoms with Gasteiger partial charge in [-0.3, -0.25) is 10.1 Å². The Labute approximate surface area is 129 Å². The molecule has 1 aliphatic carbocycles. The highest BCUT2D eigenvalue weighted by molar-refractivity contribution is 5.91. The van der Waals surface area contributed by atoms with Gasteiger partial charge in [0.05, 0.1) is 10.6 Å². The topological polar surface area (TPSA) is 95.7 Å². The monoisotopic (exact) mass is 307 g/mol. The van der Waals surface area contributed by atoms with Crippen LogP contribution >= 0.6 is 0 Å². The number of rotatable bonds is 7. The Balaban J connectivity index is 2.05. The van der Waals surface area contributed by atoms with E-state index in [9.17, 15) is 14.9 Å². The van der Waals surface area contributed by atoms with Crippen molar-refractivity contribution in [1.82, 2.24) is 4.90 Å². The summed E-state index contributed by atoms with van der Waals surface area (Å²) in [6.07, 6.45) is 3.38. The van der Waals surface area contributed by atoms with Crippen molar-refractivity contribution >= 4 is 17.4 Å². The molecule has 1 aliphatic rings. The average Bonchev–Trinajstić information content (AvgIpc) is 3.30. The van der Waals surface area contributed by atoms with E-state index in [0.29, 0.717) is 18.7 Å². The van der Waals surface area contributed by atoms with Crippen molar-refractivity contribution in [2.75, 3.05) is 18.5 Å². The third-order valence-corrected chi connectivity index (χ3v) is 3.73. The number of nitrogens with zero attached hydrogens (tertiary/aromatic N) is 2. The standard InChI is InChI=1S/C15H21N3O4/c1-11-4-5-13(18(21)22)10-14(11)16-15(20)17(12-6-7-12)8-2-3-9-19/h4-5,10,12,19H,2-3,6-9H2,1H3,(H,16,20). The van der Waals surface area contributed by atoms with Crippen LogP contribution in [0.15, 0.2) is 18.2 Å². The number of aliphatic hydroxyl groups excluding tert-OH is 1. The molecule has 22 heavy (non-hydrogen) atoms. The zero-order valence-electron chi connectivity index (χ0n) is 12.6. The number of unbranched alkanes of at least 4 members (excludes halogenated alkanes) is 1. The van der Waals surface area contributed by atoms with Crippen molar-refractivity contribution < 1.29 is 14.8 Å². The number of non-ortho nitro benzene ring substituents is 1. The highest BCUT2D eigenvalue weighted by atomic mass is 16.6. The number of nitrogens with one attached hydrogen (secondary N) is 1. The fourth-order valence-electron chi connectivity index (χ4n) is 2.28. The van der Waals surface area contributed by atoms with E-state index in [0.717, 1.165) is 24.8 Å². The van der Waals surface area contributed by atoms with E-state index in [1.807, 2.05) is 0 Å². The van der Waals surface area contributed by atoms with Crippen molar-refractivity contribution in [3.05, 3.63) is 33.9 Å². The first-order valence-electron chi connectivity index (χ1n) is 7.46. The lowest BCUT2D eigenvalue weighted by Gasteiger charge is -2.23. The lowest BCUT2D eigenvalue weighted by Crippen LogP contribution is -2.37. The number of nitro groups is 1. The van der Waals surface area contributed by atoms with Gasteiger partial charge in [0.1, 0.15) is 0 Å². The van der Waals surface area contributed by atoms with Crippen LogP contribution in [0.1, 0.15) is 31.2 Å².